The van der Waals surface area contributed by atoms with E-state index in [1.165, 1.54) is 68.0 Å². The number of hydrogen-bond donors (Lipinski definition) is 0. The Hall–Kier alpha value is -1.90. The molecule has 146 valence electrons. The van der Waals surface area contributed by atoms with Gasteiger partial charge in [-0.1, -0.05) is 18.6 Å². The standard InChI is InChI=1S/C23H28N4S/c1-24-18-5-7-20(8-6-18)26-13-9-17(10-14-26)23-25-21-11-15-27(19-3-2-4-19)16-12-22(21)28-23/h5-8,17,19H,2-4,9-16H2. The van der Waals surface area contributed by atoms with E-state index < -0.39 is 0 Å². The maximum atomic E-state index is 7.10. The summed E-state index contributed by atoms with van der Waals surface area (Å²) in [5.41, 5.74) is 3.37. The lowest BCUT2D eigenvalue weighted by atomic mass is 9.91. The van der Waals surface area contributed by atoms with Crippen LogP contribution < -0.4 is 4.90 Å². The van der Waals surface area contributed by atoms with Crippen LogP contribution in [0.25, 0.3) is 4.85 Å². The number of nitrogens with zero attached hydrogens (tertiary/aromatic N) is 4. The minimum Gasteiger partial charge on any atom is -0.372 e. The quantitative estimate of drug-likeness (QED) is 0.685. The van der Waals surface area contributed by atoms with Crippen LogP contribution in [0, 0.1) is 6.57 Å². The van der Waals surface area contributed by atoms with E-state index in [1.807, 2.05) is 23.5 Å². The van der Waals surface area contributed by atoms with Crippen molar-refractivity contribution in [3.8, 4) is 0 Å². The van der Waals surface area contributed by atoms with Gasteiger partial charge in [-0.3, -0.25) is 4.90 Å². The van der Waals surface area contributed by atoms with Gasteiger partial charge in [0.25, 0.3) is 0 Å². The molecule has 1 aromatic heterocycles. The molecule has 4 nitrogen and oxygen atoms in total. The lowest BCUT2D eigenvalue weighted by Crippen LogP contribution is -2.41. The van der Waals surface area contributed by atoms with Crippen molar-refractivity contribution in [1.29, 1.82) is 0 Å². The van der Waals surface area contributed by atoms with Crippen LogP contribution in [0.4, 0.5) is 11.4 Å². The molecule has 2 aliphatic heterocycles. The Morgan fingerprint density at radius 2 is 1.71 bits per heavy atom. The van der Waals surface area contributed by atoms with E-state index in [9.17, 15) is 0 Å². The summed E-state index contributed by atoms with van der Waals surface area (Å²) in [7, 11) is 0. The molecule has 0 spiro atoms. The normalized spacial score (nSPS) is 21.6. The summed E-state index contributed by atoms with van der Waals surface area (Å²) >= 11 is 2.01. The fraction of sp³-hybridized carbons (Fsp3) is 0.565. The maximum Gasteiger partial charge on any atom is 0.187 e. The van der Waals surface area contributed by atoms with Gasteiger partial charge < -0.3 is 4.90 Å². The Morgan fingerprint density at radius 3 is 2.39 bits per heavy atom. The van der Waals surface area contributed by atoms with Crippen molar-refractivity contribution in [2.75, 3.05) is 31.1 Å². The molecule has 5 rings (SSSR count). The second-order valence-corrected chi connectivity index (χ2v) is 9.55. The summed E-state index contributed by atoms with van der Waals surface area (Å²) in [6, 6.07) is 8.90. The number of anilines is 1. The van der Waals surface area contributed by atoms with Crippen molar-refractivity contribution in [3.63, 3.8) is 0 Å². The van der Waals surface area contributed by atoms with E-state index >= 15 is 0 Å². The summed E-state index contributed by atoms with van der Waals surface area (Å²) < 4.78 is 0. The Morgan fingerprint density at radius 1 is 0.964 bits per heavy atom. The molecule has 0 atom stereocenters. The number of hydrogen-bond acceptors (Lipinski definition) is 4. The smallest absolute Gasteiger partial charge is 0.187 e. The minimum absolute atomic E-state index is 0.624. The number of aromatic nitrogens is 1. The van der Waals surface area contributed by atoms with Gasteiger partial charge in [0.1, 0.15) is 0 Å². The zero-order valence-electron chi connectivity index (χ0n) is 16.4. The molecule has 1 aliphatic carbocycles. The van der Waals surface area contributed by atoms with Gasteiger partial charge in [0.05, 0.1) is 17.3 Å². The monoisotopic (exact) mass is 392 g/mol. The van der Waals surface area contributed by atoms with Crippen molar-refractivity contribution in [2.24, 2.45) is 0 Å². The molecule has 0 amide bonds. The molecule has 3 aliphatic rings. The van der Waals surface area contributed by atoms with Gasteiger partial charge in [-0.25, -0.2) is 9.83 Å². The summed E-state index contributed by atoms with van der Waals surface area (Å²) in [6.07, 6.45) is 8.96. The fourth-order valence-electron chi connectivity index (χ4n) is 4.81. The average molecular weight is 393 g/mol. The summed E-state index contributed by atoms with van der Waals surface area (Å²) in [5.74, 6) is 0.624. The minimum atomic E-state index is 0.624. The first-order chi connectivity index (χ1) is 13.8. The van der Waals surface area contributed by atoms with Crippen LogP contribution in [0.2, 0.25) is 0 Å². The molecular formula is C23H28N4S. The molecule has 2 fully saturated rings. The SMILES string of the molecule is [C-]#[N+]c1ccc(N2CCC(c3nc4c(s3)CCN(C3CCC3)CC4)CC2)cc1. The van der Waals surface area contributed by atoms with Gasteiger partial charge in [0.15, 0.2) is 5.69 Å². The van der Waals surface area contributed by atoms with E-state index in [1.54, 1.807) is 4.88 Å². The number of thiazole rings is 1. The molecule has 5 heteroatoms. The van der Waals surface area contributed by atoms with Crippen molar-refractivity contribution < 1.29 is 0 Å². The maximum absolute atomic E-state index is 7.10. The highest BCUT2D eigenvalue weighted by Crippen LogP contribution is 2.36. The fourth-order valence-corrected chi connectivity index (χ4v) is 6.08. The first kappa shape index (κ1) is 18.1. The summed E-state index contributed by atoms with van der Waals surface area (Å²) in [5, 5.41) is 1.39. The zero-order chi connectivity index (χ0) is 18.9. The molecule has 0 bridgehead atoms. The molecule has 0 N–H and O–H groups in total. The van der Waals surface area contributed by atoms with Gasteiger partial charge >= 0.3 is 0 Å². The molecule has 3 heterocycles. The number of fused-ring (bicyclic) bond motifs is 1. The van der Waals surface area contributed by atoms with Crippen molar-refractivity contribution in [1.82, 2.24) is 9.88 Å². The van der Waals surface area contributed by atoms with Crippen molar-refractivity contribution in [3.05, 3.63) is 51.3 Å². The molecule has 1 aromatic carbocycles. The average Bonchev–Trinajstić information content (AvgIpc) is 3.02. The Kier molecular flexibility index (Phi) is 5.09. The number of benzene rings is 1. The summed E-state index contributed by atoms with van der Waals surface area (Å²) in [4.78, 5) is 15.4. The second kappa shape index (κ2) is 7.85. The second-order valence-electron chi connectivity index (χ2n) is 8.43. The van der Waals surface area contributed by atoms with E-state index in [4.69, 9.17) is 11.6 Å². The van der Waals surface area contributed by atoms with Crippen LogP contribution in [0.15, 0.2) is 24.3 Å². The Balaban J connectivity index is 1.20. The van der Waals surface area contributed by atoms with Crippen LogP contribution in [-0.2, 0) is 12.8 Å². The third-order valence-electron chi connectivity index (χ3n) is 6.84. The van der Waals surface area contributed by atoms with E-state index in [-0.39, 0.29) is 0 Å². The van der Waals surface area contributed by atoms with E-state index in [0.29, 0.717) is 5.92 Å². The van der Waals surface area contributed by atoms with Crippen LogP contribution in [0.3, 0.4) is 0 Å². The third-order valence-corrected chi connectivity index (χ3v) is 8.16. The highest BCUT2D eigenvalue weighted by molar-refractivity contribution is 7.11. The van der Waals surface area contributed by atoms with Gasteiger partial charge in [-0.2, -0.15) is 0 Å². The van der Waals surface area contributed by atoms with Crippen molar-refractivity contribution >= 4 is 22.7 Å². The van der Waals surface area contributed by atoms with E-state index in [2.05, 4.69) is 26.8 Å². The van der Waals surface area contributed by atoms with Gasteiger partial charge in [-0.15, -0.1) is 11.3 Å². The van der Waals surface area contributed by atoms with Gasteiger partial charge in [0, 0.05) is 55.1 Å². The molecule has 1 saturated heterocycles. The number of piperidine rings is 1. The highest BCUT2D eigenvalue weighted by atomic mass is 32.1. The topological polar surface area (TPSA) is 23.7 Å². The predicted molar refractivity (Wildman–Crippen MR) is 116 cm³/mol. The van der Waals surface area contributed by atoms with Crippen LogP contribution in [-0.4, -0.2) is 42.1 Å². The van der Waals surface area contributed by atoms with Crippen molar-refractivity contribution in [2.45, 2.75) is 56.9 Å². The first-order valence-electron chi connectivity index (χ1n) is 10.7. The summed E-state index contributed by atoms with van der Waals surface area (Å²) in [6.45, 7) is 11.7. The third kappa shape index (κ3) is 3.56. The van der Waals surface area contributed by atoms with Crippen LogP contribution in [0.5, 0.6) is 0 Å². The van der Waals surface area contributed by atoms with Gasteiger partial charge in [-0.05, 0) is 44.2 Å². The largest absolute Gasteiger partial charge is 0.372 e. The Labute approximate surface area is 172 Å². The zero-order valence-corrected chi connectivity index (χ0v) is 17.3. The molecule has 2 aromatic rings. The molecule has 1 saturated carbocycles. The first-order valence-corrected chi connectivity index (χ1v) is 11.6. The predicted octanol–water partition coefficient (Wildman–Crippen LogP) is 5.03. The molecule has 28 heavy (non-hydrogen) atoms. The van der Waals surface area contributed by atoms with Gasteiger partial charge in [0.2, 0.25) is 0 Å². The van der Waals surface area contributed by atoms with Crippen LogP contribution in [0.1, 0.15) is 53.6 Å². The molecular weight excluding hydrogens is 364 g/mol. The molecule has 0 radical (unpaired) electrons. The van der Waals surface area contributed by atoms with Crippen LogP contribution >= 0.6 is 11.3 Å². The highest BCUT2D eigenvalue weighted by Gasteiger charge is 2.29. The lowest BCUT2D eigenvalue weighted by Gasteiger charge is -2.36. The lowest BCUT2D eigenvalue weighted by molar-refractivity contribution is 0.133. The number of rotatable bonds is 3. The Bertz CT molecular complexity index is 828. The van der Waals surface area contributed by atoms with E-state index in [0.717, 1.165) is 31.2 Å². The molecule has 0 unspecified atom stereocenters.